The minimum absolute atomic E-state index is 0.0384. The molecule has 3 aromatic carbocycles. The standard InChI is InChI=1S/C32H32N6O4S/c1-36-12-14-38(15-13-36)18-28(39)37(2)23-8-6-22(7-9-23)34-30(20-5-11-25-27(17-20)43-19-33-25)29-24-10-4-21(32(41)42-3)16-26(24)35-31(29)40/h4-11,16-17,19,34H,12-15,18H2,1-3H3,(H,35,40)/b30-29-. The predicted octanol–water partition coefficient (Wildman–Crippen LogP) is 4.23. The Morgan fingerprint density at radius 1 is 1.02 bits per heavy atom. The van der Waals surface area contributed by atoms with Gasteiger partial charge in [0, 0.05) is 55.7 Å². The summed E-state index contributed by atoms with van der Waals surface area (Å²) in [5.74, 6) is -0.721. The van der Waals surface area contributed by atoms with Crippen LogP contribution < -0.4 is 15.5 Å². The van der Waals surface area contributed by atoms with Gasteiger partial charge < -0.3 is 25.2 Å². The Bertz CT molecular complexity index is 1740. The smallest absolute Gasteiger partial charge is 0.337 e. The lowest BCUT2D eigenvalue weighted by molar-refractivity contribution is -0.119. The van der Waals surface area contributed by atoms with E-state index in [1.165, 1.54) is 18.4 Å². The van der Waals surface area contributed by atoms with E-state index >= 15 is 0 Å². The number of ether oxygens (including phenoxy) is 1. The van der Waals surface area contributed by atoms with E-state index in [1.54, 1.807) is 35.7 Å². The Morgan fingerprint density at radius 2 is 1.77 bits per heavy atom. The topological polar surface area (TPSA) is 107 Å². The van der Waals surface area contributed by atoms with Crippen LogP contribution in [0, 0.1) is 0 Å². The monoisotopic (exact) mass is 596 g/mol. The minimum atomic E-state index is -0.476. The van der Waals surface area contributed by atoms with E-state index in [-0.39, 0.29) is 11.8 Å². The first kappa shape index (κ1) is 28.5. The number of benzene rings is 3. The first-order chi connectivity index (χ1) is 20.8. The number of aromatic nitrogens is 1. The molecule has 220 valence electrons. The van der Waals surface area contributed by atoms with Gasteiger partial charge in [0.1, 0.15) is 0 Å². The average Bonchev–Trinajstić information content (AvgIpc) is 3.63. The predicted molar refractivity (Wildman–Crippen MR) is 170 cm³/mol. The van der Waals surface area contributed by atoms with Crippen LogP contribution in [0.1, 0.15) is 21.5 Å². The summed E-state index contributed by atoms with van der Waals surface area (Å²) in [5, 5.41) is 6.38. The van der Waals surface area contributed by atoms with Crippen molar-refractivity contribution >= 4 is 67.7 Å². The molecular weight excluding hydrogens is 564 g/mol. The van der Waals surface area contributed by atoms with Gasteiger partial charge in [0.15, 0.2) is 0 Å². The van der Waals surface area contributed by atoms with E-state index in [0.29, 0.717) is 34.6 Å². The molecule has 0 bridgehead atoms. The van der Waals surface area contributed by atoms with Gasteiger partial charge in [0.25, 0.3) is 5.91 Å². The molecule has 10 nitrogen and oxygen atoms in total. The molecule has 1 aromatic heterocycles. The zero-order valence-electron chi connectivity index (χ0n) is 24.2. The number of anilines is 3. The number of esters is 1. The van der Waals surface area contributed by atoms with Gasteiger partial charge in [0.05, 0.1) is 51.9 Å². The van der Waals surface area contributed by atoms with Gasteiger partial charge in [-0.2, -0.15) is 0 Å². The molecule has 1 saturated heterocycles. The quantitative estimate of drug-likeness (QED) is 0.241. The van der Waals surface area contributed by atoms with Crippen LogP contribution in [0.5, 0.6) is 0 Å². The molecule has 0 aliphatic carbocycles. The molecule has 0 saturated carbocycles. The van der Waals surface area contributed by atoms with Crippen molar-refractivity contribution in [2.24, 2.45) is 0 Å². The number of hydrogen-bond acceptors (Lipinski definition) is 9. The number of methoxy groups -OCH3 is 1. The summed E-state index contributed by atoms with van der Waals surface area (Å²) in [7, 11) is 5.21. The lowest BCUT2D eigenvalue weighted by Gasteiger charge is -2.32. The van der Waals surface area contributed by atoms with E-state index in [2.05, 4.69) is 32.5 Å². The summed E-state index contributed by atoms with van der Waals surface area (Å²) in [4.78, 5) is 49.1. The number of nitrogens with zero attached hydrogens (tertiary/aromatic N) is 4. The normalized spacial score (nSPS) is 16.5. The van der Waals surface area contributed by atoms with Gasteiger partial charge >= 0.3 is 5.97 Å². The third-order valence-electron chi connectivity index (χ3n) is 7.91. The van der Waals surface area contributed by atoms with Gasteiger partial charge in [-0.15, -0.1) is 11.3 Å². The van der Waals surface area contributed by atoms with Crippen LogP contribution >= 0.6 is 11.3 Å². The van der Waals surface area contributed by atoms with Crippen LogP contribution in [0.3, 0.4) is 0 Å². The molecule has 0 atom stereocenters. The number of thiazole rings is 1. The Morgan fingerprint density at radius 3 is 2.51 bits per heavy atom. The summed E-state index contributed by atoms with van der Waals surface area (Å²) in [5.41, 5.74) is 7.66. The number of carbonyl (C=O) groups excluding carboxylic acids is 3. The summed E-state index contributed by atoms with van der Waals surface area (Å²) >= 11 is 1.53. The lowest BCUT2D eigenvalue weighted by Crippen LogP contribution is -2.48. The first-order valence-corrected chi connectivity index (χ1v) is 14.8. The number of fused-ring (bicyclic) bond motifs is 2. The van der Waals surface area contributed by atoms with Crippen molar-refractivity contribution in [3.8, 4) is 0 Å². The Kier molecular flexibility index (Phi) is 7.94. The van der Waals surface area contributed by atoms with Crippen LogP contribution in [-0.4, -0.2) is 86.5 Å². The molecule has 0 unspecified atom stereocenters. The molecule has 0 radical (unpaired) electrons. The average molecular weight is 597 g/mol. The Balaban J connectivity index is 1.30. The van der Waals surface area contributed by atoms with Crippen LogP contribution in [-0.2, 0) is 14.3 Å². The highest BCUT2D eigenvalue weighted by Gasteiger charge is 2.30. The SMILES string of the molecule is COC(=O)c1ccc2c(c1)NC(=O)/C2=C(\Nc1ccc(N(C)C(=O)CN2CCN(C)CC2)cc1)c1ccc2ncsc2c1. The second kappa shape index (κ2) is 12.0. The van der Waals surface area contributed by atoms with Crippen LogP contribution in [0.2, 0.25) is 0 Å². The minimum Gasteiger partial charge on any atom is -0.465 e. The zero-order chi connectivity index (χ0) is 30.1. The molecule has 43 heavy (non-hydrogen) atoms. The summed E-state index contributed by atoms with van der Waals surface area (Å²) < 4.78 is 5.85. The van der Waals surface area contributed by atoms with Crippen LogP contribution in [0.4, 0.5) is 17.1 Å². The fourth-order valence-electron chi connectivity index (χ4n) is 5.32. The third kappa shape index (κ3) is 5.87. The largest absolute Gasteiger partial charge is 0.465 e. The second-order valence-electron chi connectivity index (χ2n) is 10.7. The summed E-state index contributed by atoms with van der Waals surface area (Å²) in [6.45, 7) is 4.06. The number of likely N-dealkylation sites (N-methyl/N-ethyl adjacent to an activating group) is 2. The van der Waals surface area contributed by atoms with Crippen molar-refractivity contribution in [2.75, 3.05) is 69.5 Å². The molecule has 0 spiro atoms. The van der Waals surface area contributed by atoms with Crippen molar-refractivity contribution in [3.63, 3.8) is 0 Å². The molecule has 1 fully saturated rings. The molecule has 2 aliphatic heterocycles. The van der Waals surface area contributed by atoms with Gasteiger partial charge in [-0.05, 0) is 55.6 Å². The van der Waals surface area contributed by atoms with E-state index in [9.17, 15) is 14.4 Å². The Hall–Kier alpha value is -4.58. The maximum atomic E-state index is 13.4. The first-order valence-electron chi connectivity index (χ1n) is 14.0. The number of rotatable bonds is 7. The van der Waals surface area contributed by atoms with Gasteiger partial charge in [0.2, 0.25) is 5.91 Å². The van der Waals surface area contributed by atoms with E-state index in [0.717, 1.165) is 53.3 Å². The Labute approximate surface area is 253 Å². The van der Waals surface area contributed by atoms with Gasteiger partial charge in [-0.25, -0.2) is 9.78 Å². The summed E-state index contributed by atoms with van der Waals surface area (Å²) in [6, 6.07) is 18.5. The second-order valence-corrected chi connectivity index (χ2v) is 11.6. The summed E-state index contributed by atoms with van der Waals surface area (Å²) in [6.07, 6.45) is 0. The molecule has 2 aliphatic rings. The van der Waals surface area contributed by atoms with Crippen LogP contribution in [0.15, 0.2) is 66.2 Å². The van der Waals surface area contributed by atoms with Crippen molar-refractivity contribution in [1.29, 1.82) is 0 Å². The van der Waals surface area contributed by atoms with E-state index in [4.69, 9.17) is 4.74 Å². The molecule has 2 amide bonds. The van der Waals surface area contributed by atoms with Crippen molar-refractivity contribution < 1.29 is 19.1 Å². The van der Waals surface area contributed by atoms with Gasteiger partial charge in [-0.1, -0.05) is 12.1 Å². The molecule has 11 heteroatoms. The number of carbonyl (C=O) groups is 3. The molecular formula is C32H32N6O4S. The lowest BCUT2D eigenvalue weighted by atomic mass is 9.99. The van der Waals surface area contributed by atoms with E-state index in [1.807, 2.05) is 42.5 Å². The van der Waals surface area contributed by atoms with E-state index < -0.39 is 5.97 Å². The molecule has 6 rings (SSSR count). The fourth-order valence-corrected chi connectivity index (χ4v) is 6.03. The number of amides is 2. The fraction of sp³-hybridized carbons (Fsp3) is 0.250. The number of nitrogens with one attached hydrogen (secondary N) is 2. The maximum Gasteiger partial charge on any atom is 0.337 e. The zero-order valence-corrected chi connectivity index (χ0v) is 25.0. The number of piperazine rings is 1. The highest BCUT2D eigenvalue weighted by molar-refractivity contribution is 7.16. The van der Waals surface area contributed by atoms with Crippen LogP contribution in [0.25, 0.3) is 21.5 Å². The molecule has 3 heterocycles. The highest BCUT2D eigenvalue weighted by atomic mass is 32.1. The maximum absolute atomic E-state index is 13.4. The van der Waals surface area contributed by atoms with Crippen molar-refractivity contribution in [1.82, 2.24) is 14.8 Å². The van der Waals surface area contributed by atoms with Crippen molar-refractivity contribution in [2.45, 2.75) is 0 Å². The molecule has 2 N–H and O–H groups in total. The van der Waals surface area contributed by atoms with Crippen molar-refractivity contribution in [3.05, 3.63) is 82.9 Å². The highest BCUT2D eigenvalue weighted by Crippen LogP contribution is 2.39. The number of hydrogen-bond donors (Lipinski definition) is 2. The van der Waals surface area contributed by atoms with Gasteiger partial charge in [-0.3, -0.25) is 14.5 Å². The third-order valence-corrected chi connectivity index (χ3v) is 8.70. The molecule has 4 aromatic rings.